The number of carbonyl (C=O) groups excluding carboxylic acids is 3. The Bertz CT molecular complexity index is 913. The average molecular weight is 397 g/mol. The summed E-state index contributed by atoms with van der Waals surface area (Å²) in [7, 11) is 0. The first kappa shape index (κ1) is 19.4. The van der Waals surface area contributed by atoms with Crippen LogP contribution >= 0.6 is 0 Å². The van der Waals surface area contributed by atoms with Crippen LogP contribution in [0.2, 0.25) is 0 Å². The molecule has 0 saturated heterocycles. The summed E-state index contributed by atoms with van der Waals surface area (Å²) in [4.78, 5) is 41.1. The van der Waals surface area contributed by atoms with Gasteiger partial charge in [-0.25, -0.2) is 9.59 Å². The highest BCUT2D eigenvalue weighted by Crippen LogP contribution is 2.49. The Hall–Kier alpha value is -2.93. The van der Waals surface area contributed by atoms with Crippen LogP contribution in [0.4, 0.5) is 0 Å². The van der Waals surface area contributed by atoms with Gasteiger partial charge in [-0.3, -0.25) is 4.79 Å². The lowest BCUT2D eigenvalue weighted by atomic mass is 9.79. The van der Waals surface area contributed by atoms with Gasteiger partial charge in [0.05, 0.1) is 18.8 Å². The van der Waals surface area contributed by atoms with Gasteiger partial charge in [0.25, 0.3) is 5.60 Å². The van der Waals surface area contributed by atoms with Gasteiger partial charge in [0.15, 0.2) is 12.0 Å². The third-order valence-corrected chi connectivity index (χ3v) is 5.39. The molecule has 7 heteroatoms. The van der Waals surface area contributed by atoms with Gasteiger partial charge in [0.2, 0.25) is 0 Å². The molecule has 0 radical (unpaired) electrons. The number of rotatable bonds is 4. The van der Waals surface area contributed by atoms with E-state index in [0.29, 0.717) is 18.5 Å². The first-order valence-electron chi connectivity index (χ1n) is 9.89. The Kier molecular flexibility index (Phi) is 5.00. The van der Waals surface area contributed by atoms with Crippen molar-refractivity contribution in [1.82, 2.24) is 4.90 Å². The highest BCUT2D eigenvalue weighted by Gasteiger charge is 2.62. The Morgan fingerprint density at radius 1 is 1.14 bits per heavy atom. The van der Waals surface area contributed by atoms with Crippen molar-refractivity contribution in [3.05, 3.63) is 52.9 Å². The van der Waals surface area contributed by atoms with Gasteiger partial charge in [0, 0.05) is 23.9 Å². The summed E-state index contributed by atoms with van der Waals surface area (Å²) in [6.07, 6.45) is 4.45. The highest BCUT2D eigenvalue weighted by molar-refractivity contribution is 6.17. The molecule has 1 aromatic rings. The molecule has 0 bridgehead atoms. The predicted molar refractivity (Wildman–Crippen MR) is 103 cm³/mol. The van der Waals surface area contributed by atoms with E-state index in [1.165, 1.54) is 0 Å². The van der Waals surface area contributed by atoms with E-state index >= 15 is 0 Å². The van der Waals surface area contributed by atoms with Crippen LogP contribution in [0, 0.1) is 0 Å². The fourth-order valence-corrected chi connectivity index (χ4v) is 4.19. The van der Waals surface area contributed by atoms with E-state index in [-0.39, 0.29) is 31.0 Å². The summed E-state index contributed by atoms with van der Waals surface area (Å²) >= 11 is 0. The first-order valence-corrected chi connectivity index (χ1v) is 9.89. The van der Waals surface area contributed by atoms with Crippen LogP contribution in [0.5, 0.6) is 0 Å². The molecule has 0 unspecified atom stereocenters. The lowest BCUT2D eigenvalue weighted by Crippen LogP contribution is -2.60. The van der Waals surface area contributed by atoms with Crippen molar-refractivity contribution in [2.45, 2.75) is 44.9 Å². The average Bonchev–Trinajstić information content (AvgIpc) is 2.73. The molecule has 29 heavy (non-hydrogen) atoms. The van der Waals surface area contributed by atoms with E-state index in [9.17, 15) is 14.4 Å². The van der Waals surface area contributed by atoms with Gasteiger partial charge in [-0.1, -0.05) is 24.3 Å². The van der Waals surface area contributed by atoms with Crippen LogP contribution in [0.25, 0.3) is 6.08 Å². The van der Waals surface area contributed by atoms with Crippen molar-refractivity contribution in [2.24, 2.45) is 0 Å². The molecule has 0 N–H and O–H groups in total. The number of ether oxygens (including phenoxy) is 3. The molecule has 1 aliphatic carbocycles. The van der Waals surface area contributed by atoms with Crippen LogP contribution < -0.4 is 0 Å². The minimum atomic E-state index is -2.22. The lowest BCUT2D eigenvalue weighted by molar-refractivity contribution is -0.207. The third-order valence-electron chi connectivity index (χ3n) is 5.39. The Morgan fingerprint density at radius 2 is 1.83 bits per heavy atom. The van der Waals surface area contributed by atoms with E-state index in [2.05, 4.69) is 0 Å². The number of hydrogen-bond donors (Lipinski definition) is 0. The third kappa shape index (κ3) is 2.88. The van der Waals surface area contributed by atoms with Crippen molar-refractivity contribution < 1.29 is 28.6 Å². The molecule has 2 heterocycles. The zero-order valence-corrected chi connectivity index (χ0v) is 16.5. The Labute approximate surface area is 168 Å². The molecule has 152 valence electrons. The second-order valence-corrected chi connectivity index (χ2v) is 7.04. The summed E-state index contributed by atoms with van der Waals surface area (Å²) in [5.74, 6) is -2.11. The van der Waals surface area contributed by atoms with Gasteiger partial charge in [-0.05, 0) is 38.3 Å². The number of nitrogens with zero attached hydrogens (tertiary/aromatic N) is 1. The zero-order valence-electron chi connectivity index (χ0n) is 16.5. The summed E-state index contributed by atoms with van der Waals surface area (Å²) in [6, 6.07) is 7.58. The van der Waals surface area contributed by atoms with Gasteiger partial charge >= 0.3 is 11.9 Å². The van der Waals surface area contributed by atoms with E-state index in [4.69, 9.17) is 14.2 Å². The van der Waals surface area contributed by atoms with Crippen LogP contribution in [0.15, 0.2) is 41.7 Å². The number of allylic oxidation sites excluding steroid dienone is 1. The molecular weight excluding hydrogens is 374 g/mol. The molecule has 0 amide bonds. The van der Waals surface area contributed by atoms with Crippen molar-refractivity contribution in [1.29, 1.82) is 0 Å². The normalized spacial score (nSPS) is 21.8. The monoisotopic (exact) mass is 397 g/mol. The zero-order chi connectivity index (χ0) is 20.6. The SMILES string of the molecule is CCOC(=O)C1(C(=O)OCC)O[C@@H]2c3ccccc3C=CN2C2=C1C(=O)CCC2. The lowest BCUT2D eigenvalue weighted by Gasteiger charge is -2.48. The molecule has 0 saturated carbocycles. The summed E-state index contributed by atoms with van der Waals surface area (Å²) in [5, 5.41) is 0. The number of fused-ring (bicyclic) bond motifs is 4. The summed E-state index contributed by atoms with van der Waals surface area (Å²) < 4.78 is 16.7. The Morgan fingerprint density at radius 3 is 2.52 bits per heavy atom. The van der Waals surface area contributed by atoms with Crippen molar-refractivity contribution in [3.63, 3.8) is 0 Å². The second-order valence-electron chi connectivity index (χ2n) is 7.04. The number of esters is 2. The van der Waals surface area contributed by atoms with Gasteiger partial charge < -0.3 is 19.1 Å². The maximum absolute atomic E-state index is 13.2. The number of benzene rings is 1. The van der Waals surface area contributed by atoms with Crippen molar-refractivity contribution in [3.8, 4) is 0 Å². The molecule has 0 fully saturated rings. The van der Waals surface area contributed by atoms with Gasteiger partial charge in [-0.15, -0.1) is 0 Å². The molecule has 0 aromatic heterocycles. The highest BCUT2D eigenvalue weighted by atomic mass is 16.6. The van der Waals surface area contributed by atoms with Crippen molar-refractivity contribution in [2.75, 3.05) is 13.2 Å². The first-order chi connectivity index (χ1) is 14.0. The van der Waals surface area contributed by atoms with E-state index in [1.54, 1.807) is 13.8 Å². The smallest absolute Gasteiger partial charge is 0.355 e. The van der Waals surface area contributed by atoms with Crippen LogP contribution in [0.1, 0.15) is 50.5 Å². The molecule has 1 atom stereocenters. The minimum Gasteiger partial charge on any atom is -0.463 e. The fraction of sp³-hybridized carbons (Fsp3) is 0.409. The molecule has 3 aliphatic rings. The van der Waals surface area contributed by atoms with Gasteiger partial charge in [-0.2, -0.15) is 0 Å². The van der Waals surface area contributed by atoms with Crippen LogP contribution in [-0.2, 0) is 28.6 Å². The predicted octanol–water partition coefficient (Wildman–Crippen LogP) is 2.87. The van der Waals surface area contributed by atoms with Gasteiger partial charge in [0.1, 0.15) is 0 Å². The molecule has 7 nitrogen and oxygen atoms in total. The fourth-order valence-electron chi connectivity index (χ4n) is 4.19. The minimum absolute atomic E-state index is 0.0425. The van der Waals surface area contributed by atoms with E-state index in [0.717, 1.165) is 11.1 Å². The van der Waals surface area contributed by atoms with Crippen LogP contribution in [-0.4, -0.2) is 41.4 Å². The van der Waals surface area contributed by atoms with E-state index < -0.39 is 23.8 Å². The molecule has 0 spiro atoms. The topological polar surface area (TPSA) is 82.1 Å². The standard InChI is InChI=1S/C22H23NO6/c1-3-27-20(25)22(21(26)28-4-2)18-16(10-7-11-17(18)24)23-13-12-14-8-5-6-9-15(14)19(23)29-22/h5-6,8-9,12-13,19H,3-4,7,10-11H2,1-2H3/t19-/m1/s1. The number of ketones is 1. The maximum Gasteiger partial charge on any atom is 0.355 e. The number of hydrogen-bond acceptors (Lipinski definition) is 7. The molecule has 2 aliphatic heterocycles. The summed E-state index contributed by atoms with van der Waals surface area (Å²) in [5.41, 5.74) is 0.155. The van der Waals surface area contributed by atoms with Crippen molar-refractivity contribution >= 4 is 23.8 Å². The number of Topliss-reactive ketones (excluding diaryl/α,β-unsaturated/α-hetero) is 1. The molecular formula is C22H23NO6. The second kappa shape index (κ2) is 7.48. The number of carbonyl (C=O) groups is 3. The van der Waals surface area contributed by atoms with E-state index in [1.807, 2.05) is 41.4 Å². The molecule has 4 rings (SSSR count). The summed E-state index contributed by atoms with van der Waals surface area (Å²) in [6.45, 7) is 3.38. The Balaban J connectivity index is 1.96. The largest absolute Gasteiger partial charge is 0.463 e. The van der Waals surface area contributed by atoms with Crippen LogP contribution in [0.3, 0.4) is 0 Å². The molecule has 1 aromatic carbocycles. The quantitative estimate of drug-likeness (QED) is 0.571. The maximum atomic E-state index is 13.2.